The number of nitrogens with zero attached hydrogens (tertiary/aromatic N) is 2. The fourth-order valence-electron chi connectivity index (χ4n) is 2.95. The number of nitrogens with one attached hydrogen (secondary N) is 1. The molecule has 0 unspecified atom stereocenters. The van der Waals surface area contributed by atoms with Crippen LogP contribution in [0.2, 0.25) is 0 Å². The van der Waals surface area contributed by atoms with E-state index in [1.807, 2.05) is 50.2 Å². The Hall–Kier alpha value is -3.67. The number of benzene rings is 2. The minimum Gasteiger partial charge on any atom is -0.492 e. The van der Waals surface area contributed by atoms with Crippen molar-refractivity contribution in [3.8, 4) is 17.1 Å². The van der Waals surface area contributed by atoms with Crippen molar-refractivity contribution in [2.45, 2.75) is 13.8 Å². The zero-order valence-electron chi connectivity index (χ0n) is 15.6. The Labute approximate surface area is 162 Å². The normalized spacial score (nSPS) is 10.8. The monoisotopic (exact) mass is 373 g/mol. The molecule has 0 fully saturated rings. The van der Waals surface area contributed by atoms with Gasteiger partial charge in [0.15, 0.2) is 11.5 Å². The highest BCUT2D eigenvalue weighted by Gasteiger charge is 2.16. The largest absolute Gasteiger partial charge is 0.492 e. The molecular formula is C22H19N3O3. The molecule has 2 heterocycles. The predicted octanol–water partition coefficient (Wildman–Crippen LogP) is 4.85. The summed E-state index contributed by atoms with van der Waals surface area (Å²) < 4.78 is 11.0. The summed E-state index contributed by atoms with van der Waals surface area (Å²) in [5, 5.41) is 7.59. The van der Waals surface area contributed by atoms with E-state index in [0.29, 0.717) is 29.3 Å². The Morgan fingerprint density at radius 2 is 1.96 bits per heavy atom. The van der Waals surface area contributed by atoms with Crippen LogP contribution in [0.15, 0.2) is 65.3 Å². The lowest BCUT2D eigenvalue weighted by atomic mass is 10.1. The molecule has 0 aliphatic rings. The van der Waals surface area contributed by atoms with Crippen molar-refractivity contribution in [1.29, 1.82) is 0 Å². The number of ether oxygens (including phenoxy) is 1. The number of hydrogen-bond donors (Lipinski definition) is 1. The maximum atomic E-state index is 12.7. The van der Waals surface area contributed by atoms with E-state index in [4.69, 9.17) is 9.26 Å². The van der Waals surface area contributed by atoms with E-state index in [1.165, 1.54) is 0 Å². The number of carbonyl (C=O) groups is 1. The van der Waals surface area contributed by atoms with Gasteiger partial charge < -0.3 is 14.6 Å². The van der Waals surface area contributed by atoms with Crippen molar-refractivity contribution in [2.24, 2.45) is 0 Å². The minimum atomic E-state index is -0.351. The molecule has 2 aromatic heterocycles. The lowest BCUT2D eigenvalue weighted by Gasteiger charge is -2.11. The van der Waals surface area contributed by atoms with Gasteiger partial charge in [-0.05, 0) is 38.1 Å². The number of amides is 1. The molecule has 2 aromatic carbocycles. The number of pyridine rings is 1. The van der Waals surface area contributed by atoms with Crippen LogP contribution < -0.4 is 10.1 Å². The first kappa shape index (κ1) is 17.7. The molecular weight excluding hydrogens is 354 g/mol. The summed E-state index contributed by atoms with van der Waals surface area (Å²) >= 11 is 0. The molecule has 6 heteroatoms. The Morgan fingerprint density at radius 3 is 2.75 bits per heavy atom. The first-order valence-electron chi connectivity index (χ1n) is 9.01. The van der Waals surface area contributed by atoms with Crippen LogP contribution in [0.1, 0.15) is 23.0 Å². The number of rotatable bonds is 5. The third-order valence-electron chi connectivity index (χ3n) is 4.36. The SMILES string of the molecule is CCOc1ccc(NC(=O)c2cc(-c3ccc(C)cc3)on2)c2cccnc12. The van der Waals surface area contributed by atoms with Crippen molar-refractivity contribution < 1.29 is 14.1 Å². The first-order valence-corrected chi connectivity index (χ1v) is 9.01. The zero-order valence-corrected chi connectivity index (χ0v) is 15.6. The Bertz CT molecular complexity index is 1130. The Balaban J connectivity index is 1.61. The van der Waals surface area contributed by atoms with Crippen LogP contribution in [0.3, 0.4) is 0 Å². The van der Waals surface area contributed by atoms with Crippen LogP contribution in [0.25, 0.3) is 22.2 Å². The van der Waals surface area contributed by atoms with Gasteiger partial charge in [0.2, 0.25) is 0 Å². The number of carbonyl (C=O) groups excluding carboxylic acids is 1. The van der Waals surface area contributed by atoms with Gasteiger partial charge in [-0.2, -0.15) is 0 Å². The first-order chi connectivity index (χ1) is 13.7. The van der Waals surface area contributed by atoms with Crippen molar-refractivity contribution in [3.05, 3.63) is 72.1 Å². The van der Waals surface area contributed by atoms with Crippen LogP contribution in [-0.2, 0) is 0 Å². The van der Waals surface area contributed by atoms with Crippen LogP contribution in [-0.4, -0.2) is 22.7 Å². The molecule has 1 amide bonds. The number of aromatic nitrogens is 2. The number of hydrogen-bond acceptors (Lipinski definition) is 5. The second-order valence-corrected chi connectivity index (χ2v) is 6.34. The molecule has 0 aliphatic heterocycles. The minimum absolute atomic E-state index is 0.210. The topological polar surface area (TPSA) is 77.2 Å². The van der Waals surface area contributed by atoms with E-state index in [9.17, 15) is 4.79 Å². The summed E-state index contributed by atoms with van der Waals surface area (Å²) in [6, 6.07) is 16.8. The summed E-state index contributed by atoms with van der Waals surface area (Å²) in [7, 11) is 0. The summed E-state index contributed by atoms with van der Waals surface area (Å²) in [5.41, 5.74) is 3.56. The van der Waals surface area contributed by atoms with Gasteiger partial charge in [-0.25, -0.2) is 0 Å². The highest BCUT2D eigenvalue weighted by atomic mass is 16.5. The number of fused-ring (bicyclic) bond motifs is 1. The van der Waals surface area contributed by atoms with Crippen LogP contribution in [0.4, 0.5) is 5.69 Å². The molecule has 0 spiro atoms. The highest BCUT2D eigenvalue weighted by Crippen LogP contribution is 2.30. The maximum Gasteiger partial charge on any atom is 0.277 e. The number of aryl methyl sites for hydroxylation is 1. The molecule has 0 aliphatic carbocycles. The fraction of sp³-hybridized carbons (Fsp3) is 0.136. The molecule has 28 heavy (non-hydrogen) atoms. The van der Waals surface area contributed by atoms with E-state index in [2.05, 4.69) is 15.5 Å². The van der Waals surface area contributed by atoms with Gasteiger partial charge in [-0.15, -0.1) is 0 Å². The lowest BCUT2D eigenvalue weighted by Crippen LogP contribution is -2.12. The van der Waals surface area contributed by atoms with Gasteiger partial charge in [0.25, 0.3) is 5.91 Å². The average molecular weight is 373 g/mol. The second kappa shape index (κ2) is 7.52. The Morgan fingerprint density at radius 1 is 1.14 bits per heavy atom. The molecule has 140 valence electrons. The van der Waals surface area contributed by atoms with Crippen LogP contribution in [0.5, 0.6) is 5.75 Å². The third kappa shape index (κ3) is 3.44. The second-order valence-electron chi connectivity index (χ2n) is 6.34. The van der Waals surface area contributed by atoms with E-state index in [1.54, 1.807) is 24.4 Å². The van der Waals surface area contributed by atoms with Gasteiger partial charge in [0, 0.05) is 23.2 Å². The van der Waals surface area contributed by atoms with E-state index in [0.717, 1.165) is 16.5 Å². The predicted molar refractivity (Wildman–Crippen MR) is 108 cm³/mol. The third-order valence-corrected chi connectivity index (χ3v) is 4.36. The quantitative estimate of drug-likeness (QED) is 0.541. The molecule has 0 saturated carbocycles. The summed E-state index contributed by atoms with van der Waals surface area (Å²) in [6.45, 7) is 4.47. The van der Waals surface area contributed by atoms with Crippen molar-refractivity contribution >= 4 is 22.5 Å². The molecule has 6 nitrogen and oxygen atoms in total. The number of anilines is 1. The van der Waals surface area contributed by atoms with E-state index < -0.39 is 0 Å². The average Bonchev–Trinajstić information content (AvgIpc) is 3.21. The van der Waals surface area contributed by atoms with Gasteiger partial charge in [0.1, 0.15) is 11.3 Å². The molecule has 4 aromatic rings. The van der Waals surface area contributed by atoms with Gasteiger partial charge in [-0.3, -0.25) is 9.78 Å². The molecule has 0 atom stereocenters. The highest BCUT2D eigenvalue weighted by molar-refractivity contribution is 6.08. The van der Waals surface area contributed by atoms with Crippen LogP contribution >= 0.6 is 0 Å². The molecule has 4 rings (SSSR count). The summed E-state index contributed by atoms with van der Waals surface area (Å²) in [6.07, 6.45) is 1.70. The van der Waals surface area contributed by atoms with Crippen LogP contribution in [0, 0.1) is 6.92 Å². The summed E-state index contributed by atoms with van der Waals surface area (Å²) in [4.78, 5) is 17.1. The molecule has 1 N–H and O–H groups in total. The zero-order chi connectivity index (χ0) is 19.5. The maximum absolute atomic E-state index is 12.7. The van der Waals surface area contributed by atoms with Crippen molar-refractivity contribution in [1.82, 2.24) is 10.1 Å². The molecule has 0 bridgehead atoms. The van der Waals surface area contributed by atoms with Gasteiger partial charge in [-0.1, -0.05) is 35.0 Å². The van der Waals surface area contributed by atoms with Crippen molar-refractivity contribution in [3.63, 3.8) is 0 Å². The van der Waals surface area contributed by atoms with Gasteiger partial charge in [0.05, 0.1) is 12.3 Å². The van der Waals surface area contributed by atoms with E-state index in [-0.39, 0.29) is 11.6 Å². The van der Waals surface area contributed by atoms with Crippen molar-refractivity contribution in [2.75, 3.05) is 11.9 Å². The molecule has 0 saturated heterocycles. The summed E-state index contributed by atoms with van der Waals surface area (Å²) in [5.74, 6) is 0.874. The molecule has 0 radical (unpaired) electrons. The Kier molecular flexibility index (Phi) is 4.76. The van der Waals surface area contributed by atoms with E-state index >= 15 is 0 Å². The lowest BCUT2D eigenvalue weighted by molar-refractivity contribution is 0.101. The smallest absolute Gasteiger partial charge is 0.277 e. The van der Waals surface area contributed by atoms with Gasteiger partial charge >= 0.3 is 0 Å². The standard InChI is InChI=1S/C22H19N3O3/c1-3-27-19-11-10-17(16-5-4-12-23-21(16)19)24-22(26)18-13-20(28-25-18)15-8-6-14(2)7-9-15/h4-13H,3H2,1-2H3,(H,24,26). The fourth-order valence-corrected chi connectivity index (χ4v) is 2.95.